The van der Waals surface area contributed by atoms with Crippen molar-refractivity contribution in [1.82, 2.24) is 15.1 Å². The number of hydrogen-bond acceptors (Lipinski definition) is 3. The Labute approximate surface area is 124 Å². The maximum Gasteiger partial charge on any atom is 0.131 e. The lowest BCUT2D eigenvalue weighted by molar-refractivity contribution is 0.409. The van der Waals surface area contributed by atoms with Crippen molar-refractivity contribution in [3.8, 4) is 5.75 Å². The highest BCUT2D eigenvalue weighted by atomic mass is 35.5. The number of nitrogens with one attached hydrogen (secondary N) is 1. The maximum atomic E-state index is 6.20. The second-order valence-corrected chi connectivity index (χ2v) is 5.08. The molecule has 0 unspecified atom stereocenters. The van der Waals surface area contributed by atoms with Gasteiger partial charge in [-0.3, -0.25) is 4.68 Å². The predicted molar refractivity (Wildman–Crippen MR) is 81.4 cm³/mol. The molecule has 0 saturated carbocycles. The normalized spacial score (nSPS) is 10.8. The number of halogens is 1. The Morgan fingerprint density at radius 1 is 1.35 bits per heavy atom. The van der Waals surface area contributed by atoms with Gasteiger partial charge in [-0.05, 0) is 31.5 Å². The molecule has 2 rings (SSSR count). The van der Waals surface area contributed by atoms with Gasteiger partial charge >= 0.3 is 0 Å². The molecule has 1 heterocycles. The van der Waals surface area contributed by atoms with Crippen LogP contribution in [-0.4, -0.2) is 23.4 Å². The fourth-order valence-electron chi connectivity index (χ4n) is 2.22. The van der Waals surface area contributed by atoms with E-state index in [0.717, 1.165) is 36.5 Å². The number of ether oxygens (including phenoxy) is 1. The maximum absolute atomic E-state index is 6.20. The summed E-state index contributed by atoms with van der Waals surface area (Å²) in [4.78, 5) is 0. The zero-order valence-electron chi connectivity index (χ0n) is 12.1. The SMILES string of the molecule is COc1ccccc1CCNCc1c(C)nn(C)c1Cl. The van der Waals surface area contributed by atoms with E-state index in [1.807, 2.05) is 32.2 Å². The van der Waals surface area contributed by atoms with Crippen molar-refractivity contribution in [1.29, 1.82) is 0 Å². The Bertz CT molecular complexity index is 580. The molecule has 0 amide bonds. The van der Waals surface area contributed by atoms with Gasteiger partial charge in [-0.2, -0.15) is 5.10 Å². The van der Waals surface area contributed by atoms with Crippen molar-refractivity contribution < 1.29 is 4.74 Å². The smallest absolute Gasteiger partial charge is 0.131 e. The summed E-state index contributed by atoms with van der Waals surface area (Å²) in [6.07, 6.45) is 0.918. The Hall–Kier alpha value is -1.52. The predicted octanol–water partition coefficient (Wildman–Crippen LogP) is 2.72. The molecule has 0 aliphatic rings. The molecule has 0 radical (unpaired) electrons. The molecule has 0 aliphatic heterocycles. The van der Waals surface area contributed by atoms with Crippen LogP contribution in [0, 0.1) is 6.92 Å². The molecule has 0 aliphatic carbocycles. The number of hydrogen-bond donors (Lipinski definition) is 1. The van der Waals surface area contributed by atoms with Crippen LogP contribution in [0.15, 0.2) is 24.3 Å². The van der Waals surface area contributed by atoms with Crippen LogP contribution < -0.4 is 10.1 Å². The molecule has 1 aromatic carbocycles. The van der Waals surface area contributed by atoms with Crippen LogP contribution in [0.4, 0.5) is 0 Å². The van der Waals surface area contributed by atoms with Crippen LogP contribution in [0.3, 0.4) is 0 Å². The molecule has 4 nitrogen and oxygen atoms in total. The zero-order chi connectivity index (χ0) is 14.5. The standard InChI is InChI=1S/C15H20ClN3O/c1-11-13(15(16)19(2)18-11)10-17-9-8-12-6-4-5-7-14(12)20-3/h4-7,17H,8-10H2,1-3H3. The Balaban J connectivity index is 1.88. The topological polar surface area (TPSA) is 39.1 Å². The van der Waals surface area contributed by atoms with Crippen LogP contribution >= 0.6 is 11.6 Å². The highest BCUT2D eigenvalue weighted by Crippen LogP contribution is 2.19. The van der Waals surface area contributed by atoms with E-state index in [1.54, 1.807) is 11.8 Å². The van der Waals surface area contributed by atoms with E-state index in [4.69, 9.17) is 16.3 Å². The van der Waals surface area contributed by atoms with Gasteiger partial charge in [0.1, 0.15) is 10.9 Å². The van der Waals surface area contributed by atoms with Crippen LogP contribution in [0.25, 0.3) is 0 Å². The summed E-state index contributed by atoms with van der Waals surface area (Å²) in [6, 6.07) is 8.08. The van der Waals surface area contributed by atoms with Gasteiger partial charge in [-0.1, -0.05) is 29.8 Å². The third-order valence-electron chi connectivity index (χ3n) is 3.34. The van der Waals surface area contributed by atoms with Gasteiger partial charge in [0.2, 0.25) is 0 Å². The van der Waals surface area contributed by atoms with Crippen molar-refractivity contribution in [3.63, 3.8) is 0 Å². The van der Waals surface area contributed by atoms with Gasteiger partial charge in [0.05, 0.1) is 12.8 Å². The number of para-hydroxylation sites is 1. The van der Waals surface area contributed by atoms with E-state index in [1.165, 1.54) is 5.56 Å². The third kappa shape index (κ3) is 3.32. The van der Waals surface area contributed by atoms with Gasteiger partial charge in [0.25, 0.3) is 0 Å². The zero-order valence-corrected chi connectivity index (χ0v) is 12.9. The Morgan fingerprint density at radius 2 is 2.10 bits per heavy atom. The second kappa shape index (κ2) is 6.77. The first-order valence-corrected chi connectivity index (χ1v) is 7.02. The fraction of sp³-hybridized carbons (Fsp3) is 0.400. The molecule has 5 heteroatoms. The van der Waals surface area contributed by atoms with E-state index < -0.39 is 0 Å². The first-order chi connectivity index (χ1) is 9.63. The van der Waals surface area contributed by atoms with E-state index in [9.17, 15) is 0 Å². The summed E-state index contributed by atoms with van der Waals surface area (Å²) in [6.45, 7) is 3.57. The summed E-state index contributed by atoms with van der Waals surface area (Å²) in [5.74, 6) is 0.935. The highest BCUT2D eigenvalue weighted by molar-refractivity contribution is 6.30. The minimum absolute atomic E-state index is 0.701. The van der Waals surface area contributed by atoms with E-state index in [0.29, 0.717) is 5.15 Å². The minimum Gasteiger partial charge on any atom is -0.496 e. The lowest BCUT2D eigenvalue weighted by atomic mass is 10.1. The Morgan fingerprint density at radius 3 is 2.75 bits per heavy atom. The molecular weight excluding hydrogens is 274 g/mol. The second-order valence-electron chi connectivity index (χ2n) is 4.72. The molecule has 1 aromatic heterocycles. The molecule has 2 aromatic rings. The van der Waals surface area contributed by atoms with Crippen LogP contribution in [0.5, 0.6) is 5.75 Å². The molecule has 0 atom stereocenters. The van der Waals surface area contributed by atoms with Gasteiger partial charge in [0.15, 0.2) is 0 Å². The van der Waals surface area contributed by atoms with Gasteiger partial charge in [0, 0.05) is 19.2 Å². The molecule has 108 valence electrons. The molecule has 0 spiro atoms. The van der Waals surface area contributed by atoms with Crippen molar-refractivity contribution in [2.75, 3.05) is 13.7 Å². The molecule has 1 N–H and O–H groups in total. The van der Waals surface area contributed by atoms with Crippen LogP contribution in [-0.2, 0) is 20.0 Å². The molecular formula is C15H20ClN3O. The summed E-state index contributed by atoms with van der Waals surface area (Å²) in [7, 11) is 3.55. The summed E-state index contributed by atoms with van der Waals surface area (Å²) in [5.41, 5.74) is 3.24. The lowest BCUT2D eigenvalue weighted by Gasteiger charge is -2.09. The van der Waals surface area contributed by atoms with Gasteiger partial charge in [-0.25, -0.2) is 0 Å². The number of aromatic nitrogens is 2. The summed E-state index contributed by atoms with van der Waals surface area (Å²) < 4.78 is 7.04. The summed E-state index contributed by atoms with van der Waals surface area (Å²) in [5, 5.41) is 8.40. The monoisotopic (exact) mass is 293 g/mol. The molecule has 0 fully saturated rings. The van der Waals surface area contributed by atoms with Crippen molar-refractivity contribution in [2.45, 2.75) is 19.9 Å². The molecule has 0 saturated heterocycles. The lowest BCUT2D eigenvalue weighted by Crippen LogP contribution is -2.17. The molecule has 0 bridgehead atoms. The van der Waals surface area contributed by atoms with Gasteiger partial charge < -0.3 is 10.1 Å². The number of rotatable bonds is 6. The van der Waals surface area contributed by atoms with Crippen molar-refractivity contribution in [3.05, 3.63) is 46.2 Å². The van der Waals surface area contributed by atoms with Crippen LogP contribution in [0.1, 0.15) is 16.8 Å². The first-order valence-electron chi connectivity index (χ1n) is 6.64. The largest absolute Gasteiger partial charge is 0.496 e. The fourth-order valence-corrected chi connectivity index (χ4v) is 2.46. The number of methoxy groups -OCH3 is 1. The number of aryl methyl sites for hydroxylation is 2. The molecule has 20 heavy (non-hydrogen) atoms. The van der Waals surface area contributed by atoms with Gasteiger partial charge in [-0.15, -0.1) is 0 Å². The quantitative estimate of drug-likeness (QED) is 0.833. The van der Waals surface area contributed by atoms with E-state index in [2.05, 4.69) is 16.5 Å². The van der Waals surface area contributed by atoms with Crippen molar-refractivity contribution in [2.24, 2.45) is 7.05 Å². The average Bonchev–Trinajstić information content (AvgIpc) is 2.69. The summed E-state index contributed by atoms with van der Waals surface area (Å²) >= 11 is 6.20. The third-order valence-corrected chi connectivity index (χ3v) is 3.81. The Kier molecular flexibility index (Phi) is 5.04. The van der Waals surface area contributed by atoms with Crippen LogP contribution in [0.2, 0.25) is 5.15 Å². The number of nitrogens with zero attached hydrogens (tertiary/aromatic N) is 2. The average molecular weight is 294 g/mol. The van der Waals surface area contributed by atoms with Crippen molar-refractivity contribution >= 4 is 11.6 Å². The first kappa shape index (κ1) is 14.9. The minimum atomic E-state index is 0.701. The van der Waals surface area contributed by atoms with E-state index in [-0.39, 0.29) is 0 Å². The highest BCUT2D eigenvalue weighted by Gasteiger charge is 2.10. The number of benzene rings is 1. The van der Waals surface area contributed by atoms with E-state index >= 15 is 0 Å².